The van der Waals surface area contributed by atoms with Gasteiger partial charge in [-0.1, -0.05) is 11.6 Å². The molecule has 0 aliphatic rings. The summed E-state index contributed by atoms with van der Waals surface area (Å²) in [5.41, 5.74) is 8.65. The predicted molar refractivity (Wildman–Crippen MR) is 80.2 cm³/mol. The Balaban J connectivity index is 2.20. The van der Waals surface area contributed by atoms with E-state index in [9.17, 15) is 8.42 Å². The lowest BCUT2D eigenvalue weighted by atomic mass is 10.2. The normalized spacial score (nSPS) is 11.8. The van der Waals surface area contributed by atoms with Crippen LogP contribution >= 0.6 is 22.9 Å². The maximum Gasteiger partial charge on any atom is 0.240 e. The zero-order valence-corrected chi connectivity index (χ0v) is 13.1. The van der Waals surface area contributed by atoms with Gasteiger partial charge >= 0.3 is 0 Å². The van der Waals surface area contributed by atoms with Crippen LogP contribution in [0, 0.1) is 6.92 Å². The van der Waals surface area contributed by atoms with Crippen LogP contribution in [-0.4, -0.2) is 13.4 Å². The molecule has 0 bridgehead atoms. The molecule has 0 unspecified atom stereocenters. The van der Waals surface area contributed by atoms with Crippen molar-refractivity contribution in [3.63, 3.8) is 0 Å². The highest BCUT2D eigenvalue weighted by Gasteiger charge is 2.16. The number of halogens is 1. The number of thiazole rings is 1. The standard InChI is InChI=1S/C12H14ClN3O2S2/c1-8-12(19-7-15-8)6-16-20(17,18)10-2-3-11(13)9(4-10)5-14/h2-4,7,16H,5-6,14H2,1H3. The third-order valence-corrected chi connectivity index (χ3v) is 5.52. The number of nitrogens with two attached hydrogens (primary N) is 1. The fourth-order valence-electron chi connectivity index (χ4n) is 1.61. The van der Waals surface area contributed by atoms with Crippen LogP contribution in [0.5, 0.6) is 0 Å². The molecule has 20 heavy (non-hydrogen) atoms. The Kier molecular flexibility index (Phi) is 4.77. The first-order chi connectivity index (χ1) is 9.44. The van der Waals surface area contributed by atoms with Crippen molar-refractivity contribution in [1.29, 1.82) is 0 Å². The number of hydrogen-bond acceptors (Lipinski definition) is 5. The fraction of sp³-hybridized carbons (Fsp3) is 0.250. The molecule has 0 amide bonds. The smallest absolute Gasteiger partial charge is 0.240 e. The molecule has 5 nitrogen and oxygen atoms in total. The van der Waals surface area contributed by atoms with Gasteiger partial charge in [-0.3, -0.25) is 0 Å². The van der Waals surface area contributed by atoms with Crippen LogP contribution in [-0.2, 0) is 23.1 Å². The lowest BCUT2D eigenvalue weighted by molar-refractivity contribution is 0.581. The fourth-order valence-corrected chi connectivity index (χ4v) is 3.66. The molecule has 0 atom stereocenters. The third kappa shape index (κ3) is 3.36. The van der Waals surface area contributed by atoms with Crippen molar-refractivity contribution in [3.05, 3.63) is 44.9 Å². The number of nitrogens with zero attached hydrogens (tertiary/aromatic N) is 1. The molecule has 1 aromatic heterocycles. The van der Waals surface area contributed by atoms with Gasteiger partial charge in [-0.2, -0.15) is 0 Å². The largest absolute Gasteiger partial charge is 0.326 e. The molecule has 0 aliphatic carbocycles. The van der Waals surface area contributed by atoms with E-state index in [1.807, 2.05) is 6.92 Å². The molecule has 0 saturated heterocycles. The topological polar surface area (TPSA) is 85.1 Å². The average Bonchev–Trinajstić information content (AvgIpc) is 2.82. The van der Waals surface area contributed by atoms with E-state index >= 15 is 0 Å². The summed E-state index contributed by atoms with van der Waals surface area (Å²) in [6, 6.07) is 4.49. The van der Waals surface area contributed by atoms with Gasteiger partial charge in [0.25, 0.3) is 0 Å². The predicted octanol–water partition coefficient (Wildman–Crippen LogP) is 2.04. The van der Waals surface area contributed by atoms with Crippen molar-refractivity contribution in [1.82, 2.24) is 9.71 Å². The number of aromatic nitrogens is 1. The number of rotatable bonds is 5. The van der Waals surface area contributed by atoms with Gasteiger partial charge in [0.05, 0.1) is 16.1 Å². The van der Waals surface area contributed by atoms with E-state index in [0.29, 0.717) is 10.6 Å². The first-order valence-corrected chi connectivity index (χ1v) is 8.55. The monoisotopic (exact) mass is 331 g/mol. The van der Waals surface area contributed by atoms with E-state index in [1.165, 1.54) is 29.5 Å². The summed E-state index contributed by atoms with van der Waals surface area (Å²) in [5, 5.41) is 0.463. The zero-order valence-electron chi connectivity index (χ0n) is 10.8. The van der Waals surface area contributed by atoms with Crippen LogP contribution in [0.3, 0.4) is 0 Å². The summed E-state index contributed by atoms with van der Waals surface area (Å²) in [4.78, 5) is 5.13. The van der Waals surface area contributed by atoms with Gasteiger partial charge in [0.15, 0.2) is 0 Å². The van der Waals surface area contributed by atoms with Crippen molar-refractivity contribution >= 4 is 33.0 Å². The Labute approximate surface area is 126 Å². The number of sulfonamides is 1. The van der Waals surface area contributed by atoms with E-state index in [-0.39, 0.29) is 18.0 Å². The minimum Gasteiger partial charge on any atom is -0.326 e. The molecule has 0 saturated carbocycles. The van der Waals surface area contributed by atoms with Crippen LogP contribution in [0.25, 0.3) is 0 Å². The summed E-state index contributed by atoms with van der Waals surface area (Å²) in [5.74, 6) is 0. The van der Waals surface area contributed by atoms with Crippen LogP contribution in [0.2, 0.25) is 5.02 Å². The molecule has 0 radical (unpaired) electrons. The SMILES string of the molecule is Cc1ncsc1CNS(=O)(=O)c1ccc(Cl)c(CN)c1. The van der Waals surface area contributed by atoms with Crippen LogP contribution in [0.15, 0.2) is 28.6 Å². The molecule has 2 aromatic rings. The molecule has 8 heteroatoms. The van der Waals surface area contributed by atoms with Gasteiger partial charge in [-0.05, 0) is 30.7 Å². The summed E-state index contributed by atoms with van der Waals surface area (Å²) in [6.07, 6.45) is 0. The van der Waals surface area contributed by atoms with Gasteiger partial charge in [0.1, 0.15) is 0 Å². The summed E-state index contributed by atoms with van der Waals surface area (Å²) in [6.45, 7) is 2.25. The van der Waals surface area contributed by atoms with E-state index in [4.69, 9.17) is 17.3 Å². The Morgan fingerprint density at radius 3 is 2.80 bits per heavy atom. The Morgan fingerprint density at radius 2 is 2.20 bits per heavy atom. The highest BCUT2D eigenvalue weighted by Crippen LogP contribution is 2.20. The Hall–Kier alpha value is -0.990. The van der Waals surface area contributed by atoms with Gasteiger partial charge in [-0.25, -0.2) is 18.1 Å². The van der Waals surface area contributed by atoms with Gasteiger partial charge in [0.2, 0.25) is 10.0 Å². The lowest BCUT2D eigenvalue weighted by Gasteiger charge is -2.08. The van der Waals surface area contributed by atoms with Crippen molar-refractivity contribution in [2.45, 2.75) is 24.9 Å². The first kappa shape index (κ1) is 15.4. The van der Waals surface area contributed by atoms with E-state index < -0.39 is 10.0 Å². The average molecular weight is 332 g/mol. The molecule has 1 aromatic carbocycles. The second kappa shape index (κ2) is 6.19. The number of benzene rings is 1. The van der Waals surface area contributed by atoms with Crippen LogP contribution < -0.4 is 10.5 Å². The molecule has 1 heterocycles. The lowest BCUT2D eigenvalue weighted by Crippen LogP contribution is -2.23. The van der Waals surface area contributed by atoms with Crippen LogP contribution in [0.4, 0.5) is 0 Å². The Morgan fingerprint density at radius 1 is 1.45 bits per heavy atom. The highest BCUT2D eigenvalue weighted by molar-refractivity contribution is 7.89. The summed E-state index contributed by atoms with van der Waals surface area (Å²) < 4.78 is 27.0. The molecule has 3 N–H and O–H groups in total. The summed E-state index contributed by atoms with van der Waals surface area (Å²) >= 11 is 7.34. The number of nitrogens with one attached hydrogen (secondary N) is 1. The molecule has 0 aliphatic heterocycles. The van der Waals surface area contributed by atoms with Crippen molar-refractivity contribution in [3.8, 4) is 0 Å². The van der Waals surface area contributed by atoms with Crippen molar-refractivity contribution in [2.24, 2.45) is 5.73 Å². The van der Waals surface area contributed by atoms with Gasteiger partial charge in [-0.15, -0.1) is 11.3 Å². The van der Waals surface area contributed by atoms with E-state index in [1.54, 1.807) is 5.51 Å². The second-order valence-corrected chi connectivity index (χ2v) is 7.26. The third-order valence-electron chi connectivity index (χ3n) is 2.81. The van der Waals surface area contributed by atoms with Crippen molar-refractivity contribution in [2.75, 3.05) is 0 Å². The summed E-state index contributed by atoms with van der Waals surface area (Å²) in [7, 11) is -3.59. The van der Waals surface area contributed by atoms with Crippen LogP contribution in [0.1, 0.15) is 16.1 Å². The zero-order chi connectivity index (χ0) is 14.8. The second-order valence-electron chi connectivity index (χ2n) is 4.14. The first-order valence-electron chi connectivity index (χ1n) is 5.81. The molecular formula is C12H14ClN3O2S2. The molecule has 108 valence electrons. The molecule has 0 fully saturated rings. The maximum absolute atomic E-state index is 12.2. The highest BCUT2D eigenvalue weighted by atomic mass is 35.5. The van der Waals surface area contributed by atoms with Crippen molar-refractivity contribution < 1.29 is 8.42 Å². The molecule has 2 rings (SSSR count). The number of aryl methyl sites for hydroxylation is 1. The quantitative estimate of drug-likeness (QED) is 0.878. The molecule has 0 spiro atoms. The van der Waals surface area contributed by atoms with Gasteiger partial charge in [0, 0.05) is 23.0 Å². The minimum atomic E-state index is -3.59. The number of hydrogen-bond donors (Lipinski definition) is 2. The Bertz CT molecular complexity index is 713. The van der Waals surface area contributed by atoms with E-state index in [0.717, 1.165) is 10.6 Å². The van der Waals surface area contributed by atoms with E-state index in [2.05, 4.69) is 9.71 Å². The minimum absolute atomic E-state index is 0.157. The molecular weight excluding hydrogens is 318 g/mol. The van der Waals surface area contributed by atoms with Gasteiger partial charge < -0.3 is 5.73 Å². The maximum atomic E-state index is 12.2.